The van der Waals surface area contributed by atoms with E-state index in [2.05, 4.69) is 0 Å². The topological polar surface area (TPSA) is 34.1 Å². The standard InChI is InChI=1S/C8H11ClO2S/c9-7-5-4-6-2-1-3-8(7)12(6,10)11/h1-2,6-8H,3-5H2/t6-,7+,8-/m0/s1. The van der Waals surface area contributed by atoms with E-state index in [9.17, 15) is 8.42 Å². The molecule has 0 aliphatic carbocycles. The van der Waals surface area contributed by atoms with Gasteiger partial charge in [0, 0.05) is 0 Å². The molecular formula is C8H11ClO2S. The first kappa shape index (κ1) is 8.57. The molecule has 0 aromatic rings. The second kappa shape index (κ2) is 2.74. The lowest BCUT2D eigenvalue weighted by atomic mass is 10.0. The number of hydrogen-bond donors (Lipinski definition) is 0. The third kappa shape index (κ3) is 1.11. The van der Waals surface area contributed by atoms with E-state index in [-0.39, 0.29) is 15.9 Å². The highest BCUT2D eigenvalue weighted by molar-refractivity contribution is 7.93. The van der Waals surface area contributed by atoms with E-state index in [1.807, 2.05) is 12.2 Å². The van der Waals surface area contributed by atoms with Crippen LogP contribution < -0.4 is 0 Å². The van der Waals surface area contributed by atoms with Gasteiger partial charge in [-0.1, -0.05) is 12.2 Å². The van der Waals surface area contributed by atoms with Crippen LogP contribution in [-0.2, 0) is 9.84 Å². The Morgan fingerprint density at radius 3 is 2.75 bits per heavy atom. The lowest BCUT2D eigenvalue weighted by Crippen LogP contribution is -2.43. The van der Waals surface area contributed by atoms with Crippen LogP contribution >= 0.6 is 11.6 Å². The molecule has 0 amide bonds. The smallest absolute Gasteiger partial charge is 0.161 e. The molecule has 1 fully saturated rings. The van der Waals surface area contributed by atoms with Gasteiger partial charge in [0.15, 0.2) is 9.84 Å². The molecule has 12 heavy (non-hydrogen) atoms. The number of fused-ring (bicyclic) bond motifs is 2. The van der Waals surface area contributed by atoms with Crippen molar-refractivity contribution in [2.75, 3.05) is 0 Å². The molecule has 2 nitrogen and oxygen atoms in total. The Bertz CT molecular complexity index is 307. The Morgan fingerprint density at radius 1 is 1.33 bits per heavy atom. The maximum absolute atomic E-state index is 11.7. The molecule has 0 aromatic heterocycles. The second-order valence-electron chi connectivity index (χ2n) is 3.42. The molecule has 0 aromatic carbocycles. The van der Waals surface area contributed by atoms with E-state index in [0.717, 1.165) is 6.42 Å². The summed E-state index contributed by atoms with van der Waals surface area (Å²) in [5.74, 6) is 0. The zero-order valence-electron chi connectivity index (χ0n) is 6.61. The van der Waals surface area contributed by atoms with E-state index in [4.69, 9.17) is 11.6 Å². The van der Waals surface area contributed by atoms with Gasteiger partial charge in [0.05, 0.1) is 15.9 Å². The summed E-state index contributed by atoms with van der Waals surface area (Å²) in [6.07, 6.45) is 5.90. The number of sulfone groups is 1. The summed E-state index contributed by atoms with van der Waals surface area (Å²) >= 11 is 5.95. The molecule has 0 N–H and O–H groups in total. The first-order chi connectivity index (χ1) is 5.62. The molecule has 4 heteroatoms. The molecule has 0 unspecified atom stereocenters. The first-order valence-electron chi connectivity index (χ1n) is 4.16. The summed E-state index contributed by atoms with van der Waals surface area (Å²) in [7, 11) is -2.93. The highest BCUT2D eigenvalue weighted by Crippen LogP contribution is 2.35. The van der Waals surface area contributed by atoms with Crippen LogP contribution in [0, 0.1) is 0 Å². The number of rotatable bonds is 0. The fraction of sp³-hybridized carbons (Fsp3) is 0.750. The zero-order valence-corrected chi connectivity index (χ0v) is 8.18. The van der Waals surface area contributed by atoms with Crippen molar-refractivity contribution in [1.82, 2.24) is 0 Å². The van der Waals surface area contributed by atoms with E-state index >= 15 is 0 Å². The van der Waals surface area contributed by atoms with Gasteiger partial charge in [-0.2, -0.15) is 0 Å². The minimum absolute atomic E-state index is 0.170. The van der Waals surface area contributed by atoms with Crippen molar-refractivity contribution in [3.63, 3.8) is 0 Å². The Labute approximate surface area is 77.5 Å². The Morgan fingerprint density at radius 2 is 2.08 bits per heavy atom. The molecular weight excluding hydrogens is 196 g/mol. The maximum atomic E-state index is 11.7. The fourth-order valence-electron chi connectivity index (χ4n) is 1.96. The Balaban J connectivity index is 2.44. The van der Waals surface area contributed by atoms with Crippen LogP contribution in [0.2, 0.25) is 0 Å². The molecule has 2 aliphatic heterocycles. The van der Waals surface area contributed by atoms with Gasteiger partial charge in [0.25, 0.3) is 0 Å². The van der Waals surface area contributed by atoms with E-state index < -0.39 is 9.84 Å². The van der Waals surface area contributed by atoms with Gasteiger partial charge >= 0.3 is 0 Å². The van der Waals surface area contributed by atoms with Crippen LogP contribution in [-0.4, -0.2) is 24.3 Å². The van der Waals surface area contributed by atoms with Gasteiger partial charge in [-0.3, -0.25) is 0 Å². The highest BCUT2D eigenvalue weighted by Gasteiger charge is 2.42. The van der Waals surface area contributed by atoms with E-state index in [1.165, 1.54) is 0 Å². The average Bonchev–Trinajstić information content (AvgIpc) is 1.95. The van der Waals surface area contributed by atoms with Crippen molar-refractivity contribution in [1.29, 1.82) is 0 Å². The van der Waals surface area contributed by atoms with Gasteiger partial charge in [0.1, 0.15) is 0 Å². The summed E-state index contributed by atoms with van der Waals surface area (Å²) in [5.41, 5.74) is 0. The lowest BCUT2D eigenvalue weighted by molar-refractivity contribution is 0.519. The van der Waals surface area contributed by atoms with Gasteiger partial charge in [-0.15, -0.1) is 11.6 Å². The zero-order chi connectivity index (χ0) is 8.77. The highest BCUT2D eigenvalue weighted by atomic mass is 35.5. The number of hydrogen-bond acceptors (Lipinski definition) is 2. The third-order valence-corrected chi connectivity index (χ3v) is 5.97. The first-order valence-corrected chi connectivity index (χ1v) is 6.20. The minimum Gasteiger partial charge on any atom is -0.228 e. The van der Waals surface area contributed by atoms with Crippen molar-refractivity contribution in [2.45, 2.75) is 35.1 Å². The van der Waals surface area contributed by atoms with E-state index in [1.54, 1.807) is 0 Å². The summed E-state index contributed by atoms with van der Waals surface area (Å²) in [6, 6.07) is 0. The largest absolute Gasteiger partial charge is 0.228 e. The number of allylic oxidation sites excluding steroid dienone is 1. The van der Waals surface area contributed by atoms with Crippen LogP contribution in [0.1, 0.15) is 19.3 Å². The summed E-state index contributed by atoms with van der Waals surface area (Å²) in [6.45, 7) is 0. The molecule has 2 bridgehead atoms. The van der Waals surface area contributed by atoms with Crippen LogP contribution in [0.25, 0.3) is 0 Å². The molecule has 0 radical (unpaired) electrons. The molecule has 68 valence electrons. The molecule has 2 rings (SSSR count). The lowest BCUT2D eigenvalue weighted by Gasteiger charge is -2.33. The molecule has 0 saturated carbocycles. The van der Waals surface area contributed by atoms with E-state index in [0.29, 0.717) is 12.8 Å². The molecule has 0 spiro atoms. The van der Waals surface area contributed by atoms with Crippen molar-refractivity contribution >= 4 is 21.4 Å². The summed E-state index contributed by atoms with van der Waals surface area (Å²) in [4.78, 5) is 0. The number of halogens is 1. The second-order valence-corrected chi connectivity index (χ2v) is 6.37. The molecule has 2 aliphatic rings. The fourth-order valence-corrected chi connectivity index (χ4v) is 4.79. The van der Waals surface area contributed by atoms with Gasteiger partial charge in [-0.25, -0.2) is 8.42 Å². The van der Waals surface area contributed by atoms with Gasteiger partial charge in [-0.05, 0) is 19.3 Å². The van der Waals surface area contributed by atoms with Gasteiger partial charge in [0.2, 0.25) is 0 Å². The van der Waals surface area contributed by atoms with Crippen molar-refractivity contribution in [3.8, 4) is 0 Å². The van der Waals surface area contributed by atoms with Crippen LogP contribution in [0.3, 0.4) is 0 Å². The minimum atomic E-state index is -2.93. The SMILES string of the molecule is O=S1(=O)[C@H]2C=CC[C@H]1[C@H](Cl)CC2. The monoisotopic (exact) mass is 206 g/mol. The van der Waals surface area contributed by atoms with Gasteiger partial charge < -0.3 is 0 Å². The number of alkyl halides is 1. The molecule has 1 saturated heterocycles. The normalized spacial score (nSPS) is 44.2. The predicted octanol–water partition coefficient (Wildman–Crippen LogP) is 1.50. The van der Waals surface area contributed by atoms with Crippen molar-refractivity contribution in [2.24, 2.45) is 0 Å². The van der Waals surface area contributed by atoms with Crippen molar-refractivity contribution < 1.29 is 8.42 Å². The molecule has 3 atom stereocenters. The summed E-state index contributed by atoms with van der Waals surface area (Å²) < 4.78 is 23.3. The third-order valence-electron chi connectivity index (χ3n) is 2.69. The summed E-state index contributed by atoms with van der Waals surface area (Å²) in [5, 5.41) is -0.731. The van der Waals surface area contributed by atoms with Crippen LogP contribution in [0.5, 0.6) is 0 Å². The Kier molecular flexibility index (Phi) is 1.96. The quantitative estimate of drug-likeness (QED) is 0.445. The predicted molar refractivity (Wildman–Crippen MR) is 49.1 cm³/mol. The van der Waals surface area contributed by atoms with Crippen LogP contribution in [0.4, 0.5) is 0 Å². The van der Waals surface area contributed by atoms with Crippen LogP contribution in [0.15, 0.2) is 12.2 Å². The average molecular weight is 207 g/mol. The molecule has 2 heterocycles. The van der Waals surface area contributed by atoms with Crippen molar-refractivity contribution in [3.05, 3.63) is 12.2 Å². The Hall–Kier alpha value is -0.0200. The maximum Gasteiger partial charge on any atom is 0.161 e.